The highest BCUT2D eigenvalue weighted by molar-refractivity contribution is 9.25. The SMILES string of the molecule is BrC1(Br)CC1OCc1ccccc1.CC1(C)OB([C@H]2C[C@@H]2OCc2ccccc2)OC1(C)C. The van der Waals surface area contributed by atoms with Crippen LogP contribution >= 0.6 is 31.9 Å². The molecule has 0 spiro atoms. The number of hydrogen-bond acceptors (Lipinski definition) is 4. The molecular weight excluding hydrogens is 547 g/mol. The van der Waals surface area contributed by atoms with E-state index in [4.69, 9.17) is 18.8 Å². The zero-order chi connectivity index (χ0) is 23.7. The van der Waals surface area contributed by atoms with E-state index in [1.54, 1.807) is 0 Å². The third kappa shape index (κ3) is 6.71. The van der Waals surface area contributed by atoms with Gasteiger partial charge in [0, 0.05) is 12.2 Å². The van der Waals surface area contributed by atoms with E-state index in [9.17, 15) is 0 Å². The lowest BCUT2D eigenvalue weighted by atomic mass is 9.82. The lowest BCUT2D eigenvalue weighted by Gasteiger charge is -2.32. The second kappa shape index (κ2) is 10.1. The minimum Gasteiger partial charge on any atom is -0.403 e. The number of alkyl halides is 2. The molecule has 2 aliphatic carbocycles. The number of ether oxygens (including phenoxy) is 2. The Hall–Kier alpha value is -0.695. The minimum absolute atomic E-state index is 0.0504. The maximum Gasteiger partial charge on any atom is 0.463 e. The summed E-state index contributed by atoms with van der Waals surface area (Å²) in [5.41, 5.74) is 1.95. The molecule has 0 radical (unpaired) electrons. The first kappa shape index (κ1) is 25.4. The van der Waals surface area contributed by atoms with Gasteiger partial charge in [-0.25, -0.2) is 0 Å². The first-order chi connectivity index (χ1) is 15.6. The van der Waals surface area contributed by atoms with Gasteiger partial charge in [-0.3, -0.25) is 0 Å². The smallest absolute Gasteiger partial charge is 0.403 e. The van der Waals surface area contributed by atoms with Crippen molar-refractivity contribution in [1.29, 1.82) is 0 Å². The van der Waals surface area contributed by atoms with Crippen molar-refractivity contribution in [2.45, 2.75) is 86.2 Å². The molecule has 2 aromatic carbocycles. The van der Waals surface area contributed by atoms with Crippen molar-refractivity contribution in [3.8, 4) is 0 Å². The summed E-state index contributed by atoms with van der Waals surface area (Å²) in [6.45, 7) is 9.74. The van der Waals surface area contributed by atoms with Crippen molar-refractivity contribution >= 4 is 39.0 Å². The summed E-state index contributed by atoms with van der Waals surface area (Å²) in [5, 5.41) is 0. The summed E-state index contributed by atoms with van der Waals surface area (Å²) in [6.07, 6.45) is 2.65. The Balaban J connectivity index is 0.000000172. The van der Waals surface area contributed by atoms with E-state index in [1.807, 2.05) is 36.4 Å². The van der Waals surface area contributed by atoms with Crippen molar-refractivity contribution in [3.63, 3.8) is 0 Å². The molecule has 2 aromatic rings. The summed E-state index contributed by atoms with van der Waals surface area (Å²) < 4.78 is 23.8. The molecule has 1 saturated heterocycles. The Bertz CT molecular complexity index is 891. The van der Waals surface area contributed by atoms with E-state index in [0.29, 0.717) is 25.1 Å². The van der Waals surface area contributed by atoms with Crippen LogP contribution in [0.4, 0.5) is 0 Å². The molecular formula is C26H33BBr2O4. The van der Waals surface area contributed by atoms with E-state index in [2.05, 4.69) is 83.8 Å². The molecule has 5 rings (SSSR count). The fraction of sp³-hybridized carbons (Fsp3) is 0.538. The van der Waals surface area contributed by atoms with Gasteiger partial charge < -0.3 is 18.8 Å². The van der Waals surface area contributed by atoms with Crippen LogP contribution in [0.3, 0.4) is 0 Å². The highest BCUT2D eigenvalue weighted by Crippen LogP contribution is 2.53. The number of rotatable bonds is 7. The second-order valence-electron chi connectivity index (χ2n) is 10.1. The molecule has 178 valence electrons. The van der Waals surface area contributed by atoms with Gasteiger partial charge in [-0.15, -0.1) is 0 Å². The molecule has 0 aromatic heterocycles. The molecule has 1 unspecified atom stereocenters. The first-order valence-electron chi connectivity index (χ1n) is 11.6. The Morgan fingerprint density at radius 3 is 1.73 bits per heavy atom. The molecule has 2 saturated carbocycles. The van der Waals surface area contributed by atoms with Crippen LogP contribution in [-0.4, -0.2) is 33.8 Å². The molecule has 3 atom stereocenters. The van der Waals surface area contributed by atoms with Gasteiger partial charge >= 0.3 is 7.12 Å². The lowest BCUT2D eigenvalue weighted by Crippen LogP contribution is -2.41. The van der Waals surface area contributed by atoms with Crippen LogP contribution in [0, 0.1) is 0 Å². The molecule has 3 aliphatic rings. The standard InChI is InChI=1S/C16H23BO3.C10H10Br2O/c1-15(2)16(3,4)20-17(19-15)13-10-14(13)18-11-12-8-6-5-7-9-12;11-10(12)6-9(10)13-7-8-4-2-1-3-5-8/h5-9,13-14H,10-11H2,1-4H3;1-5,9H,6-7H2/t13-,14-;/m0./s1. The molecule has 4 nitrogen and oxygen atoms in total. The Kier molecular flexibility index (Phi) is 7.79. The van der Waals surface area contributed by atoms with E-state index >= 15 is 0 Å². The molecule has 1 heterocycles. The monoisotopic (exact) mass is 578 g/mol. The van der Waals surface area contributed by atoms with Crippen LogP contribution in [0.1, 0.15) is 51.7 Å². The van der Waals surface area contributed by atoms with Gasteiger partial charge in [-0.05, 0) is 45.2 Å². The maximum atomic E-state index is 6.07. The third-order valence-corrected chi connectivity index (χ3v) is 8.44. The van der Waals surface area contributed by atoms with Crippen molar-refractivity contribution in [3.05, 3.63) is 71.8 Å². The zero-order valence-corrected chi connectivity index (χ0v) is 23.0. The van der Waals surface area contributed by atoms with Crippen LogP contribution in [-0.2, 0) is 32.0 Å². The molecule has 0 N–H and O–H groups in total. The minimum atomic E-state index is -0.246. The van der Waals surface area contributed by atoms with Crippen molar-refractivity contribution in [1.82, 2.24) is 0 Å². The van der Waals surface area contributed by atoms with Crippen molar-refractivity contribution in [2.24, 2.45) is 0 Å². The van der Waals surface area contributed by atoms with Gasteiger partial charge in [0.1, 0.15) is 3.23 Å². The predicted octanol–water partition coefficient (Wildman–Crippen LogP) is 6.90. The van der Waals surface area contributed by atoms with Gasteiger partial charge in [0.05, 0.1) is 36.6 Å². The van der Waals surface area contributed by atoms with E-state index in [0.717, 1.165) is 12.8 Å². The summed E-state index contributed by atoms with van der Waals surface area (Å²) in [4.78, 5) is 0. The van der Waals surface area contributed by atoms with Crippen LogP contribution in [0.2, 0.25) is 5.82 Å². The molecule has 0 bridgehead atoms. The highest BCUT2D eigenvalue weighted by atomic mass is 79.9. The quantitative estimate of drug-likeness (QED) is 0.264. The van der Waals surface area contributed by atoms with Gasteiger partial charge in [-0.1, -0.05) is 92.5 Å². The van der Waals surface area contributed by atoms with Crippen LogP contribution < -0.4 is 0 Å². The first-order valence-corrected chi connectivity index (χ1v) is 13.2. The number of benzene rings is 2. The average molecular weight is 580 g/mol. The van der Waals surface area contributed by atoms with Gasteiger partial charge in [0.25, 0.3) is 0 Å². The summed E-state index contributed by atoms with van der Waals surface area (Å²) >= 11 is 7.04. The van der Waals surface area contributed by atoms with Crippen LogP contribution in [0.15, 0.2) is 60.7 Å². The average Bonchev–Trinajstić information content (AvgIpc) is 3.66. The summed E-state index contributed by atoms with van der Waals surface area (Å²) in [6, 6.07) is 20.5. The highest BCUT2D eigenvalue weighted by Gasteiger charge is 2.60. The largest absolute Gasteiger partial charge is 0.463 e. The molecule has 33 heavy (non-hydrogen) atoms. The topological polar surface area (TPSA) is 36.9 Å². The van der Waals surface area contributed by atoms with Gasteiger partial charge in [0.2, 0.25) is 0 Å². The summed E-state index contributed by atoms with van der Waals surface area (Å²) in [7, 11) is -0.124. The lowest BCUT2D eigenvalue weighted by molar-refractivity contribution is 0.00578. The fourth-order valence-electron chi connectivity index (χ4n) is 3.65. The Morgan fingerprint density at radius 1 is 0.818 bits per heavy atom. The van der Waals surface area contributed by atoms with Gasteiger partial charge in [-0.2, -0.15) is 0 Å². The zero-order valence-electron chi connectivity index (χ0n) is 19.8. The summed E-state index contributed by atoms with van der Waals surface area (Å²) in [5.74, 6) is 0.375. The van der Waals surface area contributed by atoms with E-state index in [-0.39, 0.29) is 27.7 Å². The van der Waals surface area contributed by atoms with Crippen LogP contribution in [0.25, 0.3) is 0 Å². The number of hydrogen-bond donors (Lipinski definition) is 0. The normalized spacial score (nSPS) is 28.1. The Labute approximate surface area is 215 Å². The number of halogens is 2. The molecule has 1 aliphatic heterocycles. The van der Waals surface area contributed by atoms with E-state index < -0.39 is 0 Å². The van der Waals surface area contributed by atoms with Crippen molar-refractivity contribution in [2.75, 3.05) is 0 Å². The van der Waals surface area contributed by atoms with Gasteiger partial charge in [0.15, 0.2) is 0 Å². The van der Waals surface area contributed by atoms with Crippen LogP contribution in [0.5, 0.6) is 0 Å². The third-order valence-electron chi connectivity index (χ3n) is 6.77. The maximum absolute atomic E-state index is 6.07. The van der Waals surface area contributed by atoms with E-state index in [1.165, 1.54) is 11.1 Å². The van der Waals surface area contributed by atoms with Crippen molar-refractivity contribution < 1.29 is 18.8 Å². The molecule has 0 amide bonds. The molecule has 3 fully saturated rings. The second-order valence-corrected chi connectivity index (χ2v) is 14.0. The Morgan fingerprint density at radius 2 is 1.27 bits per heavy atom. The molecule has 7 heteroatoms. The predicted molar refractivity (Wildman–Crippen MR) is 140 cm³/mol. The fourth-order valence-corrected chi connectivity index (χ4v) is 4.50.